The zero-order chi connectivity index (χ0) is 14.5. The van der Waals surface area contributed by atoms with Gasteiger partial charge in [0.2, 0.25) is 17.7 Å². The highest BCUT2D eigenvalue weighted by Crippen LogP contribution is 2.14. The van der Waals surface area contributed by atoms with E-state index < -0.39 is 6.04 Å². The molecule has 1 aliphatic rings. The van der Waals surface area contributed by atoms with E-state index in [9.17, 15) is 14.4 Å². The Bertz CT molecular complexity index is 527. The van der Waals surface area contributed by atoms with Crippen LogP contribution in [0.15, 0.2) is 24.3 Å². The quantitative estimate of drug-likeness (QED) is 0.730. The monoisotopic (exact) mass is 277 g/mol. The number of morpholine rings is 1. The van der Waals surface area contributed by atoms with Crippen molar-refractivity contribution in [1.82, 2.24) is 5.32 Å². The molecule has 3 N–H and O–H groups in total. The minimum Gasteiger partial charge on any atom is -0.369 e. The standard InChI is InChI=1S/C13H15N3O4/c1-8(17)14-9-2-4-10(5-3-9)15-13(19)11-6-20-7-12(18)16-11/h2-5,11H,6-7H2,1H3,(H,14,17)(H,15,19)(H,16,18). The predicted molar refractivity (Wildman–Crippen MR) is 72.1 cm³/mol. The van der Waals surface area contributed by atoms with Crippen LogP contribution >= 0.6 is 0 Å². The van der Waals surface area contributed by atoms with E-state index in [2.05, 4.69) is 16.0 Å². The topological polar surface area (TPSA) is 96.5 Å². The molecule has 1 aromatic rings. The van der Waals surface area contributed by atoms with Crippen molar-refractivity contribution in [2.45, 2.75) is 13.0 Å². The van der Waals surface area contributed by atoms with Crippen LogP contribution in [0.3, 0.4) is 0 Å². The second kappa shape index (κ2) is 6.16. The second-order valence-electron chi connectivity index (χ2n) is 4.38. The zero-order valence-corrected chi connectivity index (χ0v) is 10.9. The van der Waals surface area contributed by atoms with Gasteiger partial charge >= 0.3 is 0 Å². The van der Waals surface area contributed by atoms with Gasteiger partial charge in [-0.05, 0) is 24.3 Å². The first-order valence-corrected chi connectivity index (χ1v) is 6.10. The van der Waals surface area contributed by atoms with Gasteiger partial charge in [0.1, 0.15) is 12.6 Å². The summed E-state index contributed by atoms with van der Waals surface area (Å²) in [6.45, 7) is 1.55. The average Bonchev–Trinajstić information content (AvgIpc) is 2.40. The maximum Gasteiger partial charge on any atom is 0.249 e. The fourth-order valence-electron chi connectivity index (χ4n) is 1.76. The van der Waals surface area contributed by atoms with Crippen molar-refractivity contribution < 1.29 is 19.1 Å². The van der Waals surface area contributed by atoms with Crippen LogP contribution in [-0.4, -0.2) is 37.0 Å². The molecule has 0 bridgehead atoms. The van der Waals surface area contributed by atoms with E-state index in [-0.39, 0.29) is 30.9 Å². The lowest BCUT2D eigenvalue weighted by molar-refractivity contribution is -0.136. The molecule has 2 rings (SSSR count). The van der Waals surface area contributed by atoms with Crippen molar-refractivity contribution in [3.8, 4) is 0 Å². The van der Waals surface area contributed by atoms with Gasteiger partial charge in [-0.15, -0.1) is 0 Å². The first kappa shape index (κ1) is 14.0. The van der Waals surface area contributed by atoms with E-state index in [0.717, 1.165) is 0 Å². The number of carbonyl (C=O) groups is 3. The number of carbonyl (C=O) groups excluding carboxylic acids is 3. The molecule has 0 radical (unpaired) electrons. The number of anilines is 2. The molecule has 0 spiro atoms. The third-order valence-electron chi connectivity index (χ3n) is 2.64. The minimum absolute atomic E-state index is 0.0187. The van der Waals surface area contributed by atoms with Gasteiger partial charge in [0.15, 0.2) is 0 Å². The van der Waals surface area contributed by atoms with Gasteiger partial charge in [0.05, 0.1) is 6.61 Å². The van der Waals surface area contributed by atoms with Gasteiger partial charge in [-0.25, -0.2) is 0 Å². The lowest BCUT2D eigenvalue weighted by Gasteiger charge is -2.22. The smallest absolute Gasteiger partial charge is 0.249 e. The molecule has 0 aliphatic carbocycles. The van der Waals surface area contributed by atoms with Crippen LogP contribution in [0.1, 0.15) is 6.92 Å². The van der Waals surface area contributed by atoms with Crippen molar-refractivity contribution in [3.05, 3.63) is 24.3 Å². The maximum absolute atomic E-state index is 11.9. The summed E-state index contributed by atoms with van der Waals surface area (Å²) in [5.74, 6) is -0.813. The van der Waals surface area contributed by atoms with Crippen LogP contribution in [-0.2, 0) is 19.1 Å². The molecular formula is C13H15N3O4. The molecule has 1 fully saturated rings. The first-order valence-electron chi connectivity index (χ1n) is 6.10. The molecular weight excluding hydrogens is 262 g/mol. The fraction of sp³-hybridized carbons (Fsp3) is 0.308. The van der Waals surface area contributed by atoms with Crippen molar-refractivity contribution in [2.75, 3.05) is 23.8 Å². The molecule has 1 unspecified atom stereocenters. The van der Waals surface area contributed by atoms with Crippen LogP contribution in [0.2, 0.25) is 0 Å². The Morgan fingerprint density at radius 2 is 1.80 bits per heavy atom. The van der Waals surface area contributed by atoms with E-state index in [1.807, 2.05) is 0 Å². The molecule has 0 saturated carbocycles. The summed E-state index contributed by atoms with van der Waals surface area (Å²) in [6.07, 6.45) is 0. The van der Waals surface area contributed by atoms with Crippen molar-refractivity contribution in [3.63, 3.8) is 0 Å². The summed E-state index contributed by atoms with van der Waals surface area (Å²) < 4.78 is 5.00. The van der Waals surface area contributed by atoms with Crippen molar-refractivity contribution in [2.24, 2.45) is 0 Å². The number of rotatable bonds is 3. The Kier molecular flexibility index (Phi) is 4.31. The largest absolute Gasteiger partial charge is 0.369 e. The third-order valence-corrected chi connectivity index (χ3v) is 2.64. The Morgan fingerprint density at radius 3 is 2.35 bits per heavy atom. The molecule has 1 aliphatic heterocycles. The van der Waals surface area contributed by atoms with E-state index >= 15 is 0 Å². The van der Waals surface area contributed by atoms with Crippen LogP contribution in [0.25, 0.3) is 0 Å². The fourth-order valence-corrected chi connectivity index (χ4v) is 1.76. The molecule has 0 aromatic heterocycles. The predicted octanol–water partition coefficient (Wildman–Crippen LogP) is 0.0985. The molecule has 1 atom stereocenters. The van der Waals surface area contributed by atoms with Crippen molar-refractivity contribution in [1.29, 1.82) is 0 Å². The Morgan fingerprint density at radius 1 is 1.20 bits per heavy atom. The molecule has 106 valence electrons. The molecule has 7 heteroatoms. The summed E-state index contributed by atoms with van der Waals surface area (Å²) in [5.41, 5.74) is 1.22. The minimum atomic E-state index is -0.689. The van der Waals surface area contributed by atoms with Gasteiger partial charge in [-0.1, -0.05) is 0 Å². The Balaban J connectivity index is 1.93. The summed E-state index contributed by atoms with van der Waals surface area (Å²) in [6, 6.07) is 5.98. The average molecular weight is 277 g/mol. The van der Waals surface area contributed by atoms with Crippen LogP contribution in [0, 0.1) is 0 Å². The van der Waals surface area contributed by atoms with Crippen molar-refractivity contribution >= 4 is 29.1 Å². The van der Waals surface area contributed by atoms with Gasteiger partial charge in [0.25, 0.3) is 0 Å². The second-order valence-corrected chi connectivity index (χ2v) is 4.38. The molecule has 3 amide bonds. The van der Waals surface area contributed by atoms with Gasteiger partial charge in [0, 0.05) is 18.3 Å². The molecule has 20 heavy (non-hydrogen) atoms. The lowest BCUT2D eigenvalue weighted by Crippen LogP contribution is -2.51. The van der Waals surface area contributed by atoms with E-state index in [0.29, 0.717) is 11.4 Å². The molecule has 1 saturated heterocycles. The number of ether oxygens (including phenoxy) is 1. The summed E-state index contributed by atoms with van der Waals surface area (Å²) in [5, 5.41) is 7.83. The first-order chi connectivity index (χ1) is 9.54. The zero-order valence-electron chi connectivity index (χ0n) is 10.9. The van der Waals surface area contributed by atoms with Gasteiger partial charge in [-0.2, -0.15) is 0 Å². The highest BCUT2D eigenvalue weighted by Gasteiger charge is 2.25. The number of amides is 3. The molecule has 1 aromatic carbocycles. The van der Waals surface area contributed by atoms with E-state index in [4.69, 9.17) is 4.74 Å². The number of nitrogens with one attached hydrogen (secondary N) is 3. The number of hydrogen-bond acceptors (Lipinski definition) is 4. The van der Waals surface area contributed by atoms with E-state index in [1.165, 1.54) is 6.92 Å². The van der Waals surface area contributed by atoms with Gasteiger partial charge in [-0.3, -0.25) is 14.4 Å². The SMILES string of the molecule is CC(=O)Nc1ccc(NC(=O)C2COCC(=O)N2)cc1. The highest BCUT2D eigenvalue weighted by atomic mass is 16.5. The summed E-state index contributed by atoms with van der Waals surface area (Å²) in [7, 11) is 0. The van der Waals surface area contributed by atoms with Crippen LogP contribution < -0.4 is 16.0 Å². The Hall–Kier alpha value is -2.41. The summed E-state index contributed by atoms with van der Waals surface area (Å²) in [4.78, 5) is 33.9. The summed E-state index contributed by atoms with van der Waals surface area (Å²) >= 11 is 0. The third kappa shape index (κ3) is 3.79. The van der Waals surface area contributed by atoms with Crippen LogP contribution in [0.4, 0.5) is 11.4 Å². The Labute approximate surface area is 115 Å². The number of hydrogen-bond donors (Lipinski definition) is 3. The lowest BCUT2D eigenvalue weighted by atomic mass is 10.2. The van der Waals surface area contributed by atoms with Crippen LogP contribution in [0.5, 0.6) is 0 Å². The molecule has 7 nitrogen and oxygen atoms in total. The maximum atomic E-state index is 11.9. The highest BCUT2D eigenvalue weighted by molar-refractivity contribution is 5.98. The van der Waals surface area contributed by atoms with E-state index in [1.54, 1.807) is 24.3 Å². The number of benzene rings is 1. The van der Waals surface area contributed by atoms with Gasteiger partial charge < -0.3 is 20.7 Å². The molecule has 1 heterocycles. The normalized spacial score (nSPS) is 18.1.